The number of methoxy groups -OCH3 is 2. The lowest BCUT2D eigenvalue weighted by Crippen LogP contribution is -2.12. The second kappa shape index (κ2) is 9.21. The summed E-state index contributed by atoms with van der Waals surface area (Å²) >= 11 is 11.9. The number of hydrogen-bond acceptors (Lipinski definition) is 5. The molecule has 0 aliphatic heterocycles. The van der Waals surface area contributed by atoms with E-state index < -0.39 is 17.8 Å². The molecule has 0 bridgehead atoms. The number of hydrogen-bond donors (Lipinski definition) is 1. The van der Waals surface area contributed by atoms with Gasteiger partial charge in [-0.25, -0.2) is 9.59 Å². The molecule has 8 heteroatoms. The van der Waals surface area contributed by atoms with Crippen molar-refractivity contribution in [2.75, 3.05) is 19.5 Å². The van der Waals surface area contributed by atoms with Crippen molar-refractivity contribution in [1.29, 1.82) is 0 Å². The maximum atomic E-state index is 12.2. The minimum absolute atomic E-state index is 0.0976. The highest BCUT2D eigenvalue weighted by molar-refractivity contribution is 6.35. The lowest BCUT2D eigenvalue weighted by molar-refractivity contribution is -0.111. The minimum atomic E-state index is -0.653. The molecule has 0 aromatic heterocycles. The Balaban J connectivity index is 2.24. The summed E-state index contributed by atoms with van der Waals surface area (Å²) in [6.45, 7) is 0. The monoisotopic (exact) mass is 407 g/mol. The third-order valence-electron chi connectivity index (χ3n) is 3.42. The number of halogens is 2. The van der Waals surface area contributed by atoms with Crippen LogP contribution < -0.4 is 5.32 Å². The van der Waals surface area contributed by atoms with E-state index in [-0.39, 0.29) is 16.8 Å². The van der Waals surface area contributed by atoms with E-state index in [1.54, 1.807) is 18.2 Å². The van der Waals surface area contributed by atoms with Gasteiger partial charge in [0.15, 0.2) is 0 Å². The second-order valence-electron chi connectivity index (χ2n) is 5.27. The quantitative estimate of drug-likeness (QED) is 0.592. The van der Waals surface area contributed by atoms with Gasteiger partial charge < -0.3 is 14.8 Å². The van der Waals surface area contributed by atoms with Gasteiger partial charge in [-0.3, -0.25) is 4.79 Å². The Morgan fingerprint density at radius 2 is 1.52 bits per heavy atom. The summed E-state index contributed by atoms with van der Waals surface area (Å²) in [4.78, 5) is 35.7. The predicted molar refractivity (Wildman–Crippen MR) is 103 cm³/mol. The zero-order chi connectivity index (χ0) is 20.0. The second-order valence-corrected chi connectivity index (χ2v) is 6.11. The molecular formula is C19H15Cl2NO5. The predicted octanol–water partition coefficient (Wildman–Crippen LogP) is 4.22. The summed E-state index contributed by atoms with van der Waals surface area (Å²) < 4.78 is 9.30. The molecule has 0 atom stereocenters. The number of benzene rings is 2. The molecule has 0 heterocycles. The molecule has 0 saturated carbocycles. The molecule has 27 heavy (non-hydrogen) atoms. The normalized spacial score (nSPS) is 10.5. The van der Waals surface area contributed by atoms with Gasteiger partial charge in [-0.1, -0.05) is 29.3 Å². The Morgan fingerprint density at radius 3 is 2.04 bits per heavy atom. The largest absolute Gasteiger partial charge is 0.465 e. The third kappa shape index (κ3) is 5.57. The van der Waals surface area contributed by atoms with Gasteiger partial charge in [0.25, 0.3) is 0 Å². The van der Waals surface area contributed by atoms with E-state index in [2.05, 4.69) is 14.8 Å². The van der Waals surface area contributed by atoms with Crippen LogP contribution in [0.4, 0.5) is 5.69 Å². The number of carbonyl (C=O) groups excluding carboxylic acids is 3. The van der Waals surface area contributed by atoms with Gasteiger partial charge in [-0.05, 0) is 42.0 Å². The van der Waals surface area contributed by atoms with Gasteiger partial charge >= 0.3 is 11.9 Å². The first-order chi connectivity index (χ1) is 12.8. The Bertz CT molecular complexity index is 890. The first-order valence-electron chi connectivity index (χ1n) is 7.60. The van der Waals surface area contributed by atoms with Crippen molar-refractivity contribution >= 4 is 52.8 Å². The first kappa shape index (κ1) is 20.5. The van der Waals surface area contributed by atoms with Crippen LogP contribution in [0.3, 0.4) is 0 Å². The zero-order valence-corrected chi connectivity index (χ0v) is 15.9. The van der Waals surface area contributed by atoms with Crippen molar-refractivity contribution < 1.29 is 23.9 Å². The van der Waals surface area contributed by atoms with Crippen LogP contribution in [0.5, 0.6) is 0 Å². The number of carbonyl (C=O) groups is 3. The summed E-state index contributed by atoms with van der Waals surface area (Å²) in [5, 5.41) is 3.45. The molecular weight excluding hydrogens is 393 g/mol. The average Bonchev–Trinajstić information content (AvgIpc) is 2.65. The number of amides is 1. The number of esters is 2. The molecule has 2 aromatic rings. The summed E-state index contributed by atoms with van der Waals surface area (Å²) in [5.74, 6) is -1.79. The number of nitrogens with one attached hydrogen (secondary N) is 1. The van der Waals surface area contributed by atoms with Crippen molar-refractivity contribution in [2.24, 2.45) is 0 Å². The lowest BCUT2D eigenvalue weighted by Gasteiger charge is -2.08. The molecule has 0 spiro atoms. The first-order valence-corrected chi connectivity index (χ1v) is 8.35. The van der Waals surface area contributed by atoms with E-state index >= 15 is 0 Å². The molecule has 0 aliphatic rings. The van der Waals surface area contributed by atoms with Crippen LogP contribution in [-0.4, -0.2) is 32.1 Å². The lowest BCUT2D eigenvalue weighted by atomic mass is 10.1. The van der Waals surface area contributed by atoms with Gasteiger partial charge in [0, 0.05) is 21.8 Å². The van der Waals surface area contributed by atoms with Crippen LogP contribution >= 0.6 is 23.2 Å². The third-order valence-corrected chi connectivity index (χ3v) is 3.98. The van der Waals surface area contributed by atoms with Crippen molar-refractivity contribution in [3.63, 3.8) is 0 Å². The maximum absolute atomic E-state index is 12.2. The van der Waals surface area contributed by atoms with Crippen molar-refractivity contribution in [1.82, 2.24) is 0 Å². The zero-order valence-electron chi connectivity index (χ0n) is 14.4. The van der Waals surface area contributed by atoms with E-state index in [1.165, 1.54) is 44.6 Å². The standard InChI is InChI=1S/C19H15Cl2NO5/c1-26-18(24)12-7-13(19(25)27-2)9-15(8-12)22-17(23)6-4-11-3-5-14(20)10-16(11)21/h3-10H,1-2H3,(H,22,23)/b6-4+. The van der Waals surface area contributed by atoms with Crippen LogP contribution in [0, 0.1) is 0 Å². The van der Waals surface area contributed by atoms with Crippen LogP contribution in [0.1, 0.15) is 26.3 Å². The van der Waals surface area contributed by atoms with Gasteiger partial charge in [-0.2, -0.15) is 0 Å². The summed E-state index contributed by atoms with van der Waals surface area (Å²) in [6.07, 6.45) is 2.77. The molecule has 1 N–H and O–H groups in total. The highest BCUT2D eigenvalue weighted by atomic mass is 35.5. The van der Waals surface area contributed by atoms with Crippen molar-refractivity contribution in [3.05, 3.63) is 69.2 Å². The summed E-state index contributed by atoms with van der Waals surface area (Å²) in [6, 6.07) is 8.97. The molecule has 2 aromatic carbocycles. The van der Waals surface area contributed by atoms with Gasteiger partial charge in [0.2, 0.25) is 5.91 Å². The van der Waals surface area contributed by atoms with Crippen LogP contribution in [0.15, 0.2) is 42.5 Å². The smallest absolute Gasteiger partial charge is 0.337 e. The minimum Gasteiger partial charge on any atom is -0.465 e. The van der Waals surface area contributed by atoms with Crippen molar-refractivity contribution in [2.45, 2.75) is 0 Å². The SMILES string of the molecule is COC(=O)c1cc(NC(=O)/C=C/c2ccc(Cl)cc2Cl)cc(C(=O)OC)c1. The molecule has 140 valence electrons. The average molecular weight is 408 g/mol. The fraction of sp³-hybridized carbons (Fsp3) is 0.105. The van der Waals surface area contributed by atoms with Crippen LogP contribution in [0.2, 0.25) is 10.0 Å². The fourth-order valence-corrected chi connectivity index (χ4v) is 2.63. The van der Waals surface area contributed by atoms with Crippen LogP contribution in [-0.2, 0) is 14.3 Å². The molecule has 0 radical (unpaired) electrons. The van der Waals surface area contributed by atoms with Gasteiger partial charge in [-0.15, -0.1) is 0 Å². The fourth-order valence-electron chi connectivity index (χ4n) is 2.16. The Morgan fingerprint density at radius 1 is 0.926 bits per heavy atom. The summed E-state index contributed by atoms with van der Waals surface area (Å²) in [5.41, 5.74) is 1.03. The van der Waals surface area contributed by atoms with E-state index in [1.807, 2.05) is 0 Å². The number of ether oxygens (including phenoxy) is 2. The Hall–Kier alpha value is -2.83. The highest BCUT2D eigenvalue weighted by Gasteiger charge is 2.14. The van der Waals surface area contributed by atoms with Crippen molar-refractivity contribution in [3.8, 4) is 0 Å². The number of anilines is 1. The van der Waals surface area contributed by atoms with E-state index in [0.717, 1.165) is 0 Å². The molecule has 1 amide bonds. The van der Waals surface area contributed by atoms with Gasteiger partial charge in [0.1, 0.15) is 0 Å². The Labute approximate surface area is 165 Å². The highest BCUT2D eigenvalue weighted by Crippen LogP contribution is 2.22. The van der Waals surface area contributed by atoms with Gasteiger partial charge in [0.05, 0.1) is 25.3 Å². The maximum Gasteiger partial charge on any atom is 0.337 e. The molecule has 0 fully saturated rings. The van der Waals surface area contributed by atoms with Crippen LogP contribution in [0.25, 0.3) is 6.08 Å². The summed E-state index contributed by atoms with van der Waals surface area (Å²) in [7, 11) is 2.42. The molecule has 0 unspecified atom stereocenters. The molecule has 0 aliphatic carbocycles. The van der Waals surface area contributed by atoms with E-state index in [4.69, 9.17) is 23.2 Å². The molecule has 6 nitrogen and oxygen atoms in total. The molecule has 2 rings (SSSR count). The number of rotatable bonds is 5. The van der Waals surface area contributed by atoms with E-state index in [9.17, 15) is 14.4 Å². The topological polar surface area (TPSA) is 81.7 Å². The molecule has 0 saturated heterocycles. The van der Waals surface area contributed by atoms with E-state index in [0.29, 0.717) is 15.6 Å². The Kier molecular flexibility index (Phi) is 6.98.